The van der Waals surface area contributed by atoms with Crippen LogP contribution in [0, 0.1) is 6.07 Å². The molecule has 0 bridgehead atoms. The molecule has 0 atom stereocenters. The van der Waals surface area contributed by atoms with E-state index in [2.05, 4.69) is 11.1 Å². The van der Waals surface area contributed by atoms with Crippen LogP contribution < -0.4 is 4.90 Å². The fourth-order valence-corrected chi connectivity index (χ4v) is 1.48. The molecule has 0 aliphatic carbocycles. The first kappa shape index (κ1) is 13.7. The number of hydrogen-bond donors (Lipinski definition) is 0. The van der Waals surface area contributed by atoms with Crippen molar-refractivity contribution in [1.29, 1.82) is 0 Å². The van der Waals surface area contributed by atoms with Gasteiger partial charge in [-0.15, -0.1) is 11.6 Å². The molecule has 1 aromatic rings. The number of nitrogens with zero attached hydrogens (tertiary/aromatic N) is 2. The molecule has 1 saturated heterocycles. The van der Waals surface area contributed by atoms with Crippen molar-refractivity contribution in [3.63, 3.8) is 0 Å². The maximum absolute atomic E-state index is 11.5. The molecule has 0 aromatic carbocycles. The zero-order chi connectivity index (χ0) is 10.7. The average Bonchev–Trinajstić information content (AvgIpc) is 2.30. The van der Waals surface area contributed by atoms with E-state index in [4.69, 9.17) is 4.74 Å². The molecule has 4 nitrogen and oxygen atoms in total. The summed E-state index contributed by atoms with van der Waals surface area (Å²) in [6.07, 6.45) is 2.67. The number of amides is 1. The van der Waals surface area contributed by atoms with Crippen LogP contribution in [-0.4, -0.2) is 30.6 Å². The van der Waals surface area contributed by atoms with Crippen LogP contribution in [-0.2, 0) is 48.7 Å². The van der Waals surface area contributed by atoms with E-state index in [-0.39, 0.29) is 45.2 Å². The maximum atomic E-state index is 11.5. The number of aryl methyl sites for hydroxylation is 1. The fraction of sp³-hybridized carbons (Fsp3) is 0.455. The quantitative estimate of drug-likeness (QED) is 0.758. The summed E-state index contributed by atoms with van der Waals surface area (Å²) in [5.74, 6) is 0.631. The van der Waals surface area contributed by atoms with Gasteiger partial charge in [-0.25, -0.2) is 0 Å². The summed E-state index contributed by atoms with van der Waals surface area (Å²) in [7, 11) is 0. The number of carbonyl (C=O) groups excluding carboxylic acids is 1. The van der Waals surface area contributed by atoms with Crippen LogP contribution in [0.1, 0.15) is 12.5 Å². The number of aromatic nitrogens is 1. The van der Waals surface area contributed by atoms with Gasteiger partial charge in [0.05, 0.1) is 6.61 Å². The zero-order valence-corrected chi connectivity index (χ0v) is 12.1. The second-order valence-corrected chi connectivity index (χ2v) is 3.38. The van der Waals surface area contributed by atoms with Gasteiger partial charge in [0.25, 0.3) is 0 Å². The van der Waals surface area contributed by atoms with Crippen LogP contribution in [0.5, 0.6) is 0 Å². The number of carbonyl (C=O) groups is 1. The minimum atomic E-state index is -0.0357. The molecule has 2 rings (SSSR count). The average molecular weight is 294 g/mol. The van der Waals surface area contributed by atoms with Crippen molar-refractivity contribution in [2.24, 2.45) is 0 Å². The van der Waals surface area contributed by atoms with Gasteiger partial charge >= 0.3 is 0 Å². The molecular formula is C11H13N2O2Y-. The molecule has 1 fully saturated rings. The Kier molecular flexibility index (Phi) is 5.52. The largest absolute Gasteiger partial charge is 0.370 e. The summed E-state index contributed by atoms with van der Waals surface area (Å²) in [5, 5.41) is 0. The van der Waals surface area contributed by atoms with Crippen LogP contribution in [0.15, 0.2) is 12.3 Å². The normalized spacial score (nSPS) is 15.8. The molecule has 16 heavy (non-hydrogen) atoms. The molecule has 0 saturated carbocycles. The van der Waals surface area contributed by atoms with E-state index >= 15 is 0 Å². The number of hydrogen-bond acceptors (Lipinski definition) is 3. The standard InChI is InChI=1S/C11H13N2O2.Y/c1-2-9-3-4-10(12-7-9)13-5-6-15-8-11(13)14;/h4,7H,2,5-6,8H2,1H3;/q-1;. The molecule has 0 N–H and O–H groups in total. The number of morpholine rings is 1. The molecule has 0 unspecified atom stereocenters. The molecule has 5 heteroatoms. The molecule has 1 amide bonds. The van der Waals surface area contributed by atoms with Crippen LogP contribution >= 0.6 is 0 Å². The number of ether oxygens (including phenoxy) is 1. The van der Waals surface area contributed by atoms with Gasteiger partial charge in [0, 0.05) is 45.1 Å². The predicted molar refractivity (Wildman–Crippen MR) is 55.6 cm³/mol. The number of rotatable bonds is 2. The van der Waals surface area contributed by atoms with Crippen LogP contribution in [0.4, 0.5) is 5.82 Å². The SMILES string of the molecule is CCc1[c-]cc(N2CCOCC2=O)nc1.[Y]. The van der Waals surface area contributed by atoms with Gasteiger partial charge in [-0.1, -0.05) is 19.5 Å². The van der Waals surface area contributed by atoms with Gasteiger partial charge in [-0.05, 0) is 0 Å². The molecule has 1 aliphatic heterocycles. The Balaban J connectivity index is 0.00000128. The Morgan fingerprint density at radius 1 is 1.62 bits per heavy atom. The fourth-order valence-electron chi connectivity index (χ4n) is 1.48. The van der Waals surface area contributed by atoms with E-state index in [0.29, 0.717) is 19.0 Å². The topological polar surface area (TPSA) is 42.4 Å². The smallest absolute Gasteiger partial charge is 0.243 e. The van der Waals surface area contributed by atoms with E-state index in [0.717, 1.165) is 12.0 Å². The van der Waals surface area contributed by atoms with Crippen molar-refractivity contribution in [2.45, 2.75) is 13.3 Å². The molecule has 2 heterocycles. The molecular weight excluding hydrogens is 281 g/mol. The zero-order valence-electron chi connectivity index (χ0n) is 9.27. The van der Waals surface area contributed by atoms with Gasteiger partial charge in [0.1, 0.15) is 6.61 Å². The summed E-state index contributed by atoms with van der Waals surface area (Å²) >= 11 is 0. The maximum Gasteiger partial charge on any atom is 0.243 e. The minimum Gasteiger partial charge on any atom is -0.370 e. The Labute approximate surface area is 120 Å². The van der Waals surface area contributed by atoms with Crippen molar-refractivity contribution in [1.82, 2.24) is 4.98 Å². The minimum absolute atomic E-state index is 0. The number of pyridine rings is 1. The first-order valence-corrected chi connectivity index (χ1v) is 5.06. The van der Waals surface area contributed by atoms with Crippen molar-refractivity contribution in [2.75, 3.05) is 24.7 Å². The third kappa shape index (κ3) is 3.09. The van der Waals surface area contributed by atoms with Crippen molar-refractivity contribution in [3.8, 4) is 0 Å². The molecule has 0 spiro atoms. The van der Waals surface area contributed by atoms with Gasteiger partial charge in [-0.2, -0.15) is 6.07 Å². The Morgan fingerprint density at radius 2 is 2.44 bits per heavy atom. The van der Waals surface area contributed by atoms with Gasteiger partial charge in [-0.3, -0.25) is 4.79 Å². The molecule has 83 valence electrons. The third-order valence-electron chi connectivity index (χ3n) is 2.38. The van der Waals surface area contributed by atoms with E-state index in [1.807, 2.05) is 6.92 Å². The van der Waals surface area contributed by atoms with Gasteiger partial charge in [0.15, 0.2) is 0 Å². The van der Waals surface area contributed by atoms with Crippen molar-refractivity contribution < 1.29 is 42.2 Å². The van der Waals surface area contributed by atoms with Gasteiger partial charge in [0.2, 0.25) is 5.91 Å². The number of anilines is 1. The summed E-state index contributed by atoms with van der Waals surface area (Å²) in [6.45, 7) is 3.35. The molecule has 1 radical (unpaired) electrons. The second kappa shape index (κ2) is 6.43. The summed E-state index contributed by atoms with van der Waals surface area (Å²) in [4.78, 5) is 17.4. The summed E-state index contributed by atoms with van der Waals surface area (Å²) in [5.41, 5.74) is 1.06. The van der Waals surface area contributed by atoms with E-state index in [9.17, 15) is 4.79 Å². The Morgan fingerprint density at radius 3 is 3.00 bits per heavy atom. The third-order valence-corrected chi connectivity index (χ3v) is 2.38. The van der Waals surface area contributed by atoms with Crippen molar-refractivity contribution in [3.05, 3.63) is 23.9 Å². The predicted octanol–water partition coefficient (Wildman–Crippen LogP) is 0.805. The van der Waals surface area contributed by atoms with E-state index < -0.39 is 0 Å². The van der Waals surface area contributed by atoms with Crippen LogP contribution in [0.2, 0.25) is 0 Å². The van der Waals surface area contributed by atoms with Crippen LogP contribution in [0.3, 0.4) is 0 Å². The van der Waals surface area contributed by atoms with Crippen molar-refractivity contribution >= 4 is 11.7 Å². The van der Waals surface area contributed by atoms with E-state index in [1.54, 1.807) is 17.2 Å². The first-order chi connectivity index (χ1) is 7.31. The summed E-state index contributed by atoms with van der Waals surface area (Å²) < 4.78 is 5.05. The second-order valence-electron chi connectivity index (χ2n) is 3.38. The van der Waals surface area contributed by atoms with E-state index in [1.165, 1.54) is 0 Å². The van der Waals surface area contributed by atoms with Crippen LogP contribution in [0.25, 0.3) is 0 Å². The Hall–Kier alpha value is -0.316. The summed E-state index contributed by atoms with van der Waals surface area (Å²) in [6, 6.07) is 4.87. The molecule has 1 aromatic heterocycles. The monoisotopic (exact) mass is 294 g/mol. The first-order valence-electron chi connectivity index (χ1n) is 5.06. The Bertz CT molecular complexity index is 354. The molecule has 1 aliphatic rings. The van der Waals surface area contributed by atoms with Gasteiger partial charge < -0.3 is 14.6 Å².